The van der Waals surface area contributed by atoms with E-state index in [9.17, 15) is 26.3 Å². The van der Waals surface area contributed by atoms with Crippen LogP contribution in [-0.4, -0.2) is 23.2 Å². The van der Waals surface area contributed by atoms with E-state index in [1.54, 1.807) is 6.07 Å². The first-order chi connectivity index (χ1) is 12.6. The first-order valence-corrected chi connectivity index (χ1v) is 8.33. The van der Waals surface area contributed by atoms with E-state index in [1.165, 1.54) is 12.1 Å². The molecule has 0 aliphatic carbocycles. The molecule has 1 atom stereocenters. The van der Waals surface area contributed by atoms with E-state index in [4.69, 9.17) is 4.74 Å². The maximum Gasteiger partial charge on any atom is 0.433 e. The summed E-state index contributed by atoms with van der Waals surface area (Å²) in [6.45, 7) is 1.10. The molecule has 1 aliphatic rings. The van der Waals surface area contributed by atoms with Crippen molar-refractivity contribution in [3.05, 3.63) is 41.2 Å². The third kappa shape index (κ3) is 3.24. The zero-order valence-corrected chi connectivity index (χ0v) is 13.8. The Labute approximate surface area is 149 Å². The number of aromatic nitrogens is 2. The summed E-state index contributed by atoms with van der Waals surface area (Å²) in [5.41, 5.74) is -2.35. The number of ether oxygens (including phenoxy) is 1. The quantitative estimate of drug-likeness (QED) is 0.547. The lowest BCUT2D eigenvalue weighted by Gasteiger charge is -2.20. The zero-order valence-electron chi connectivity index (χ0n) is 13.8. The van der Waals surface area contributed by atoms with E-state index >= 15 is 0 Å². The molecule has 3 heterocycles. The van der Waals surface area contributed by atoms with Crippen LogP contribution in [0.4, 0.5) is 26.3 Å². The summed E-state index contributed by atoms with van der Waals surface area (Å²) >= 11 is 0. The Kier molecular flexibility index (Phi) is 4.10. The number of halogens is 6. The van der Waals surface area contributed by atoms with Crippen LogP contribution in [0.3, 0.4) is 0 Å². The molecule has 1 aliphatic heterocycles. The summed E-state index contributed by atoms with van der Waals surface area (Å²) < 4.78 is 84.9. The summed E-state index contributed by atoms with van der Waals surface area (Å²) in [4.78, 5) is 6.51. The van der Waals surface area contributed by atoms with Crippen LogP contribution < -0.4 is 0 Å². The fraction of sp³-hybridized carbons (Fsp3) is 0.389. The van der Waals surface area contributed by atoms with Gasteiger partial charge in [0.05, 0.1) is 23.2 Å². The van der Waals surface area contributed by atoms with Gasteiger partial charge in [-0.05, 0) is 25.0 Å². The van der Waals surface area contributed by atoms with Gasteiger partial charge in [-0.2, -0.15) is 26.3 Å². The third-order valence-electron chi connectivity index (χ3n) is 4.79. The summed E-state index contributed by atoms with van der Waals surface area (Å²) in [6.07, 6.45) is -8.24. The first kappa shape index (κ1) is 18.1. The van der Waals surface area contributed by atoms with E-state index < -0.39 is 23.6 Å². The summed E-state index contributed by atoms with van der Waals surface area (Å²) in [5.74, 6) is 0.0223. The van der Waals surface area contributed by atoms with Crippen molar-refractivity contribution in [1.82, 2.24) is 9.97 Å². The molecule has 9 heteroatoms. The Morgan fingerprint density at radius 2 is 1.81 bits per heavy atom. The molecule has 0 amide bonds. The van der Waals surface area contributed by atoms with Gasteiger partial charge in [-0.25, -0.2) is 4.98 Å². The van der Waals surface area contributed by atoms with Crippen molar-refractivity contribution in [2.45, 2.75) is 31.1 Å². The van der Waals surface area contributed by atoms with Gasteiger partial charge in [-0.1, -0.05) is 12.1 Å². The highest BCUT2D eigenvalue weighted by Gasteiger charge is 2.39. The van der Waals surface area contributed by atoms with Gasteiger partial charge in [0, 0.05) is 29.0 Å². The van der Waals surface area contributed by atoms with Crippen molar-refractivity contribution in [1.29, 1.82) is 0 Å². The van der Waals surface area contributed by atoms with Crippen molar-refractivity contribution >= 4 is 21.8 Å². The van der Waals surface area contributed by atoms with Gasteiger partial charge < -0.3 is 9.72 Å². The zero-order chi connectivity index (χ0) is 19.4. The number of fused-ring (bicyclic) bond motifs is 3. The molecule has 1 saturated heterocycles. The number of alkyl halides is 6. The number of nitrogens with zero attached hydrogens (tertiary/aromatic N) is 1. The highest BCUT2D eigenvalue weighted by atomic mass is 19.4. The molecule has 2 aromatic heterocycles. The Morgan fingerprint density at radius 3 is 2.44 bits per heavy atom. The highest BCUT2D eigenvalue weighted by molar-refractivity contribution is 6.04. The van der Waals surface area contributed by atoms with Crippen LogP contribution in [0.1, 0.15) is 35.7 Å². The normalized spacial score (nSPS) is 19.1. The van der Waals surface area contributed by atoms with Crippen LogP contribution in [-0.2, 0) is 17.1 Å². The molecule has 0 saturated carbocycles. The molecule has 0 radical (unpaired) electrons. The molecule has 4 rings (SSSR count). The first-order valence-electron chi connectivity index (χ1n) is 8.33. The standard InChI is InChI=1S/C18H14F6N2O/c19-17(20,21)12-7-14(18(22,23)24)26-16-11(12)4-3-9-6-13(25-15(9)16)10-2-1-5-27-8-10/h3-4,6-7,10,25H,1-2,5,8H2. The predicted octanol–water partition coefficient (Wildman–Crippen LogP) is 5.65. The van der Waals surface area contributed by atoms with Crippen molar-refractivity contribution in [2.75, 3.05) is 13.2 Å². The van der Waals surface area contributed by atoms with Crippen LogP contribution in [0.15, 0.2) is 24.3 Å². The number of H-pyrrole nitrogens is 1. The van der Waals surface area contributed by atoms with Gasteiger partial charge in [0.25, 0.3) is 0 Å². The van der Waals surface area contributed by atoms with Gasteiger partial charge >= 0.3 is 12.4 Å². The lowest BCUT2D eigenvalue weighted by atomic mass is 9.99. The average Bonchev–Trinajstić information content (AvgIpc) is 3.04. The molecule has 1 fully saturated rings. The monoisotopic (exact) mass is 388 g/mol. The Morgan fingerprint density at radius 1 is 1.04 bits per heavy atom. The van der Waals surface area contributed by atoms with Gasteiger partial charge in [-0.15, -0.1) is 0 Å². The van der Waals surface area contributed by atoms with Gasteiger partial charge in [-0.3, -0.25) is 0 Å². The number of hydrogen-bond donors (Lipinski definition) is 1. The fourth-order valence-corrected chi connectivity index (χ4v) is 3.49. The molecule has 3 aromatic rings. The highest BCUT2D eigenvalue weighted by Crippen LogP contribution is 2.40. The lowest BCUT2D eigenvalue weighted by molar-refractivity contribution is -0.144. The van der Waals surface area contributed by atoms with Crippen molar-refractivity contribution in [3.63, 3.8) is 0 Å². The molecule has 1 unspecified atom stereocenters. The number of rotatable bonds is 1. The largest absolute Gasteiger partial charge is 0.433 e. The van der Waals surface area contributed by atoms with Gasteiger partial charge in [0.1, 0.15) is 5.69 Å². The number of benzene rings is 1. The van der Waals surface area contributed by atoms with E-state index in [1.807, 2.05) is 0 Å². The molecule has 1 N–H and O–H groups in total. The Bertz CT molecular complexity index is 999. The number of hydrogen-bond acceptors (Lipinski definition) is 2. The summed E-state index contributed by atoms with van der Waals surface area (Å²) in [7, 11) is 0. The second-order valence-electron chi connectivity index (χ2n) is 6.62. The van der Waals surface area contributed by atoms with Crippen LogP contribution >= 0.6 is 0 Å². The average molecular weight is 388 g/mol. The molecule has 1 aromatic carbocycles. The predicted molar refractivity (Wildman–Crippen MR) is 86.4 cm³/mol. The lowest BCUT2D eigenvalue weighted by Crippen LogP contribution is -2.15. The van der Waals surface area contributed by atoms with Crippen molar-refractivity contribution in [3.8, 4) is 0 Å². The van der Waals surface area contributed by atoms with Gasteiger partial charge in [0.15, 0.2) is 0 Å². The Balaban J connectivity index is 1.98. The van der Waals surface area contributed by atoms with Crippen molar-refractivity contribution in [2.24, 2.45) is 0 Å². The smallest absolute Gasteiger partial charge is 0.381 e. The molecule has 144 valence electrons. The van der Waals surface area contributed by atoms with E-state index in [0.29, 0.717) is 18.6 Å². The van der Waals surface area contributed by atoms with E-state index in [-0.39, 0.29) is 28.4 Å². The number of pyridine rings is 1. The van der Waals surface area contributed by atoms with E-state index in [0.717, 1.165) is 18.5 Å². The topological polar surface area (TPSA) is 37.9 Å². The number of aromatic amines is 1. The van der Waals surface area contributed by atoms with Crippen LogP contribution in [0.5, 0.6) is 0 Å². The summed E-state index contributed by atoms with van der Waals surface area (Å²) in [6, 6.07) is 4.44. The summed E-state index contributed by atoms with van der Waals surface area (Å²) in [5, 5.41) is 0.152. The number of nitrogens with one attached hydrogen (secondary N) is 1. The molecule has 27 heavy (non-hydrogen) atoms. The van der Waals surface area contributed by atoms with Crippen LogP contribution in [0, 0.1) is 0 Å². The maximum absolute atomic E-state index is 13.4. The molecule has 3 nitrogen and oxygen atoms in total. The van der Waals surface area contributed by atoms with Crippen LogP contribution in [0.25, 0.3) is 21.8 Å². The second kappa shape index (κ2) is 6.12. The van der Waals surface area contributed by atoms with E-state index in [2.05, 4.69) is 9.97 Å². The van der Waals surface area contributed by atoms with Crippen molar-refractivity contribution < 1.29 is 31.1 Å². The minimum absolute atomic E-state index is 0.0223. The van der Waals surface area contributed by atoms with Crippen LogP contribution in [0.2, 0.25) is 0 Å². The minimum Gasteiger partial charge on any atom is -0.381 e. The SMILES string of the molecule is FC(F)(F)c1cc(C(F)(F)F)c2ccc3cc(C4CCCOC4)[nH]c3c2n1. The second-order valence-corrected chi connectivity index (χ2v) is 6.62. The fourth-order valence-electron chi connectivity index (χ4n) is 3.49. The maximum atomic E-state index is 13.4. The minimum atomic E-state index is -4.98. The molecule has 0 spiro atoms. The Hall–Kier alpha value is -2.29. The molecule has 0 bridgehead atoms. The molecular weight excluding hydrogens is 374 g/mol. The van der Waals surface area contributed by atoms with Gasteiger partial charge in [0.2, 0.25) is 0 Å². The third-order valence-corrected chi connectivity index (χ3v) is 4.79. The molecular formula is C18H14F6N2O.